The lowest BCUT2D eigenvalue weighted by atomic mass is 10.0. The number of allylic oxidation sites excluding steroid dienone is 24. The number of unbranched alkanes of at least 4 members (excludes halogenated alkanes) is 26. The van der Waals surface area contributed by atoms with E-state index in [4.69, 9.17) is 18.5 Å². The summed E-state index contributed by atoms with van der Waals surface area (Å²) in [4.78, 5) is 38.1. The summed E-state index contributed by atoms with van der Waals surface area (Å²) in [6, 6.07) is 0. The van der Waals surface area contributed by atoms with Gasteiger partial charge in [0.05, 0.1) is 27.7 Å². The van der Waals surface area contributed by atoms with Crippen molar-refractivity contribution in [2.45, 2.75) is 290 Å². The molecule has 0 N–H and O–H groups in total. The zero-order chi connectivity index (χ0) is 64.1. The van der Waals surface area contributed by atoms with Crippen molar-refractivity contribution in [2.24, 2.45) is 0 Å². The van der Waals surface area contributed by atoms with Gasteiger partial charge in [-0.1, -0.05) is 301 Å². The molecule has 0 spiro atoms. The molecule has 0 aromatic carbocycles. The zero-order valence-corrected chi connectivity index (χ0v) is 58.0. The summed E-state index contributed by atoms with van der Waals surface area (Å²) in [7, 11) is 1.15. The van der Waals surface area contributed by atoms with Gasteiger partial charge in [0.1, 0.15) is 19.8 Å². The van der Waals surface area contributed by atoms with E-state index in [2.05, 4.69) is 160 Å². The number of carbonyl (C=O) groups is 2. The summed E-state index contributed by atoms with van der Waals surface area (Å²) < 4.78 is 34.3. The molecule has 0 heterocycles. The molecule has 0 aromatic heterocycles. The van der Waals surface area contributed by atoms with Gasteiger partial charge in [-0.15, -0.1) is 0 Å². The van der Waals surface area contributed by atoms with Gasteiger partial charge in [0.2, 0.25) is 0 Å². The average molecular weight is 1240 g/mol. The van der Waals surface area contributed by atoms with Crippen LogP contribution >= 0.6 is 7.82 Å². The van der Waals surface area contributed by atoms with Crippen LogP contribution in [0, 0.1) is 0 Å². The lowest BCUT2D eigenvalue weighted by molar-refractivity contribution is -0.870. The second kappa shape index (κ2) is 67.3. The van der Waals surface area contributed by atoms with Crippen molar-refractivity contribution in [2.75, 3.05) is 47.5 Å². The Bertz CT molecular complexity index is 2000. The Morgan fingerprint density at radius 1 is 0.352 bits per heavy atom. The van der Waals surface area contributed by atoms with Crippen LogP contribution in [0.25, 0.3) is 0 Å². The van der Waals surface area contributed by atoms with Gasteiger partial charge >= 0.3 is 11.9 Å². The van der Waals surface area contributed by atoms with Crippen molar-refractivity contribution < 1.29 is 42.1 Å². The Morgan fingerprint density at radius 3 is 0.909 bits per heavy atom. The molecular weight excluding hydrogens is 1110 g/mol. The predicted octanol–water partition coefficient (Wildman–Crippen LogP) is 22.7. The molecule has 0 aliphatic carbocycles. The maximum Gasteiger partial charge on any atom is 0.306 e. The summed E-state index contributed by atoms with van der Waals surface area (Å²) in [6.45, 7) is 4.00. The number of phosphoric ester groups is 1. The Kier molecular flexibility index (Phi) is 64.1. The van der Waals surface area contributed by atoms with Crippen molar-refractivity contribution in [3.8, 4) is 0 Å². The van der Waals surface area contributed by atoms with Gasteiger partial charge in [0.15, 0.2) is 6.10 Å². The molecule has 10 heteroatoms. The highest BCUT2D eigenvalue weighted by atomic mass is 31.2. The van der Waals surface area contributed by atoms with Crippen LogP contribution in [0.1, 0.15) is 284 Å². The van der Waals surface area contributed by atoms with Gasteiger partial charge in [0.25, 0.3) is 7.82 Å². The highest BCUT2D eigenvalue weighted by Gasteiger charge is 2.22. The van der Waals surface area contributed by atoms with E-state index in [-0.39, 0.29) is 26.1 Å². The van der Waals surface area contributed by atoms with Gasteiger partial charge in [0, 0.05) is 12.8 Å². The summed E-state index contributed by atoms with van der Waals surface area (Å²) in [5, 5.41) is 0. The normalized spacial score (nSPS) is 14.0. The van der Waals surface area contributed by atoms with Crippen molar-refractivity contribution in [1.29, 1.82) is 0 Å². The summed E-state index contributed by atoms with van der Waals surface area (Å²) in [6.07, 6.45) is 99.3. The molecule has 0 aliphatic heterocycles. The van der Waals surface area contributed by atoms with Crippen LogP contribution in [0.2, 0.25) is 0 Å². The van der Waals surface area contributed by atoms with Crippen LogP contribution in [0.4, 0.5) is 0 Å². The van der Waals surface area contributed by atoms with Gasteiger partial charge in [-0.05, 0) is 116 Å². The molecule has 0 saturated heterocycles. The standard InChI is InChI=1S/C78H132NO8P/c1-6-8-10-12-14-16-18-20-22-24-26-28-30-32-33-34-35-36-37-38-39-40-41-42-43-44-45-47-49-51-53-55-57-59-61-63-65-67-69-71-78(81)87-76(75-86-88(82,83)85-73-72-79(3,4)5)74-84-77(80)70-68-66-64-62-60-58-56-54-52-50-48-46-31-29-27-25-23-21-19-17-15-13-11-9-7-2/h8-11,14-17,20-23,26-29,32-33,35-36,46,48,52,54,76H,6-7,12-13,18-19,24-25,30-31,34,37-45,47,49-51,53,55-75H2,1-5H3/b10-8-,11-9-,16-14-,17-15-,22-20-,23-21-,28-26-,29-27-,33-32-,36-35-,48-46-,54-52-. The number of phosphoric acid groups is 1. The Labute approximate surface area is 542 Å². The summed E-state index contributed by atoms with van der Waals surface area (Å²) in [5.74, 6) is -0.850. The number of esters is 2. The van der Waals surface area contributed by atoms with E-state index in [0.717, 1.165) is 135 Å². The first-order valence-corrected chi connectivity index (χ1v) is 37.0. The van der Waals surface area contributed by atoms with E-state index in [0.29, 0.717) is 23.9 Å². The zero-order valence-electron chi connectivity index (χ0n) is 57.1. The number of nitrogens with zero attached hydrogens (tertiary/aromatic N) is 1. The average Bonchev–Trinajstić information content (AvgIpc) is 3.68. The van der Waals surface area contributed by atoms with Crippen LogP contribution in [-0.2, 0) is 32.7 Å². The minimum absolute atomic E-state index is 0.0389. The fourth-order valence-corrected chi connectivity index (χ4v) is 10.2. The molecule has 2 atom stereocenters. The minimum atomic E-state index is -4.65. The number of likely N-dealkylation sites (N-methyl/N-ethyl adjacent to an activating group) is 1. The third-order valence-corrected chi connectivity index (χ3v) is 15.8. The fourth-order valence-electron chi connectivity index (χ4n) is 9.49. The second-order valence-corrected chi connectivity index (χ2v) is 25.9. The molecule has 0 fully saturated rings. The van der Waals surface area contributed by atoms with Crippen LogP contribution in [-0.4, -0.2) is 70.0 Å². The van der Waals surface area contributed by atoms with E-state index in [1.807, 2.05) is 21.1 Å². The van der Waals surface area contributed by atoms with Gasteiger partial charge in [-0.2, -0.15) is 0 Å². The third-order valence-electron chi connectivity index (χ3n) is 14.9. The first kappa shape index (κ1) is 83.9. The molecular formula is C78H132NO8P. The maximum absolute atomic E-state index is 12.9. The molecule has 2 unspecified atom stereocenters. The largest absolute Gasteiger partial charge is 0.756 e. The van der Waals surface area contributed by atoms with E-state index < -0.39 is 32.5 Å². The predicted molar refractivity (Wildman–Crippen MR) is 378 cm³/mol. The van der Waals surface area contributed by atoms with Crippen LogP contribution in [0.5, 0.6) is 0 Å². The van der Waals surface area contributed by atoms with Crippen LogP contribution in [0.3, 0.4) is 0 Å². The van der Waals surface area contributed by atoms with Crippen molar-refractivity contribution in [3.05, 3.63) is 146 Å². The molecule has 88 heavy (non-hydrogen) atoms. The number of carbonyl (C=O) groups excluding carboxylic acids is 2. The molecule has 0 radical (unpaired) electrons. The molecule has 0 bridgehead atoms. The number of rotatable bonds is 64. The molecule has 0 saturated carbocycles. The highest BCUT2D eigenvalue weighted by Crippen LogP contribution is 2.38. The number of hydrogen-bond acceptors (Lipinski definition) is 8. The lowest BCUT2D eigenvalue weighted by Crippen LogP contribution is -2.37. The van der Waals surface area contributed by atoms with Gasteiger partial charge in [-0.3, -0.25) is 14.2 Å². The molecule has 0 aromatic rings. The van der Waals surface area contributed by atoms with E-state index in [1.165, 1.54) is 109 Å². The number of hydrogen-bond donors (Lipinski definition) is 0. The first-order chi connectivity index (χ1) is 43.0. The molecule has 502 valence electrons. The molecule has 0 aliphatic rings. The van der Waals surface area contributed by atoms with Gasteiger partial charge in [-0.25, -0.2) is 0 Å². The highest BCUT2D eigenvalue weighted by molar-refractivity contribution is 7.45. The smallest absolute Gasteiger partial charge is 0.306 e. The van der Waals surface area contributed by atoms with Crippen LogP contribution < -0.4 is 4.89 Å². The molecule has 0 rings (SSSR count). The van der Waals surface area contributed by atoms with Crippen LogP contribution in [0.15, 0.2) is 146 Å². The minimum Gasteiger partial charge on any atom is -0.756 e. The fraction of sp³-hybridized carbons (Fsp3) is 0.667. The monoisotopic (exact) mass is 1240 g/mol. The lowest BCUT2D eigenvalue weighted by Gasteiger charge is -2.28. The first-order valence-electron chi connectivity index (χ1n) is 35.5. The van der Waals surface area contributed by atoms with Crippen molar-refractivity contribution >= 4 is 19.8 Å². The van der Waals surface area contributed by atoms with E-state index >= 15 is 0 Å². The number of quaternary nitrogens is 1. The van der Waals surface area contributed by atoms with Crippen molar-refractivity contribution in [3.63, 3.8) is 0 Å². The van der Waals surface area contributed by atoms with Crippen molar-refractivity contribution in [1.82, 2.24) is 0 Å². The Balaban J connectivity index is 4.04. The third kappa shape index (κ3) is 71.0. The molecule has 9 nitrogen and oxygen atoms in total. The second-order valence-electron chi connectivity index (χ2n) is 24.5. The number of ether oxygens (including phenoxy) is 2. The van der Waals surface area contributed by atoms with E-state index in [9.17, 15) is 19.0 Å². The SMILES string of the molecule is CC/C=C\C/C=C\C/C=C\C/C=C\C/C=C\C/C=C\CCCCCCCCCCCCCCCCCCCCCCC(=O)OC(COC(=O)CCCCCCCC/C=C\C/C=C\C/C=C\C/C=C\C/C=C\C/C=C\CC)COP(=O)([O-])OCC[N+](C)(C)C. The van der Waals surface area contributed by atoms with E-state index in [1.54, 1.807) is 0 Å². The molecule has 0 amide bonds. The van der Waals surface area contributed by atoms with Gasteiger partial charge < -0.3 is 27.9 Å². The quantitative estimate of drug-likeness (QED) is 0.0195. The maximum atomic E-state index is 12.9. The summed E-state index contributed by atoms with van der Waals surface area (Å²) >= 11 is 0. The topological polar surface area (TPSA) is 111 Å². The Morgan fingerprint density at radius 2 is 0.614 bits per heavy atom. The Hall–Kier alpha value is -4.11. The summed E-state index contributed by atoms with van der Waals surface area (Å²) in [5.41, 5.74) is 0.